The van der Waals surface area contributed by atoms with E-state index in [4.69, 9.17) is 0 Å². The fourth-order valence-corrected chi connectivity index (χ4v) is 2.17. The minimum absolute atomic E-state index is 0.121. The lowest BCUT2D eigenvalue weighted by Gasteiger charge is -2.06. The molecule has 0 saturated carbocycles. The van der Waals surface area contributed by atoms with Crippen LogP contribution in [0, 0.1) is 0 Å². The summed E-state index contributed by atoms with van der Waals surface area (Å²) in [5.41, 5.74) is 0. The van der Waals surface area contributed by atoms with E-state index in [0.29, 0.717) is 6.42 Å². The largest absolute Gasteiger partial charge is 0.469 e. The smallest absolute Gasteiger partial charge is 0.305 e. The first-order valence-corrected chi connectivity index (χ1v) is 6.68. The van der Waals surface area contributed by atoms with Crippen molar-refractivity contribution in [3.8, 4) is 0 Å². The van der Waals surface area contributed by atoms with Gasteiger partial charge in [-0.05, 0) is 18.6 Å². The second-order valence-electron chi connectivity index (χ2n) is 3.52. The van der Waals surface area contributed by atoms with Gasteiger partial charge in [0.2, 0.25) is 0 Å². The molecule has 0 bridgehead atoms. The van der Waals surface area contributed by atoms with Crippen molar-refractivity contribution in [3.05, 3.63) is 0 Å². The van der Waals surface area contributed by atoms with Crippen molar-refractivity contribution in [1.29, 1.82) is 0 Å². The zero-order valence-corrected chi connectivity index (χ0v) is 10.5. The summed E-state index contributed by atoms with van der Waals surface area (Å²) in [6.45, 7) is 0. The van der Waals surface area contributed by atoms with Crippen LogP contribution < -0.4 is 0 Å². The Hall–Kier alpha value is -0.155. The molecule has 1 unspecified atom stereocenters. The van der Waals surface area contributed by atoms with E-state index in [1.807, 2.05) is 7.85 Å². The molecule has 1 N–H and O–H groups in total. The molecule has 0 spiro atoms. The van der Waals surface area contributed by atoms with E-state index in [-0.39, 0.29) is 12.1 Å². The SMILES string of the molecule is BCC(O)CSCCCCCC(=O)OC. The third-order valence-corrected chi connectivity index (χ3v) is 3.38. The van der Waals surface area contributed by atoms with Gasteiger partial charge < -0.3 is 9.84 Å². The van der Waals surface area contributed by atoms with Crippen LogP contribution in [-0.2, 0) is 9.53 Å². The summed E-state index contributed by atoms with van der Waals surface area (Å²) in [4.78, 5) is 10.8. The topological polar surface area (TPSA) is 46.5 Å². The van der Waals surface area contributed by atoms with Gasteiger partial charge in [0.15, 0.2) is 0 Å². The van der Waals surface area contributed by atoms with Gasteiger partial charge >= 0.3 is 5.97 Å². The van der Waals surface area contributed by atoms with Gasteiger partial charge in [-0.1, -0.05) is 12.7 Å². The van der Waals surface area contributed by atoms with Gasteiger partial charge in [-0.15, -0.1) is 0 Å². The number of hydrogen-bond donors (Lipinski definition) is 1. The number of carbonyl (C=O) groups is 1. The Kier molecular flexibility index (Phi) is 10.3. The van der Waals surface area contributed by atoms with E-state index in [1.54, 1.807) is 11.8 Å². The number of rotatable bonds is 9. The highest BCUT2D eigenvalue weighted by Crippen LogP contribution is 2.10. The summed E-state index contributed by atoms with van der Waals surface area (Å²) in [6, 6.07) is 0. The summed E-state index contributed by atoms with van der Waals surface area (Å²) in [5, 5.41) is 9.28. The normalized spacial score (nSPS) is 12.4. The molecule has 0 radical (unpaired) electrons. The predicted molar refractivity (Wildman–Crippen MR) is 67.2 cm³/mol. The number of carbonyl (C=O) groups excluding carboxylic acids is 1. The van der Waals surface area contributed by atoms with Crippen LogP contribution in [0.4, 0.5) is 0 Å². The molecule has 0 heterocycles. The first kappa shape index (κ1) is 14.8. The van der Waals surface area contributed by atoms with Gasteiger partial charge in [0.1, 0.15) is 7.85 Å². The fourth-order valence-electron chi connectivity index (χ4n) is 1.09. The van der Waals surface area contributed by atoms with Gasteiger partial charge in [-0.25, -0.2) is 0 Å². The summed E-state index contributed by atoms with van der Waals surface area (Å²) < 4.78 is 4.55. The van der Waals surface area contributed by atoms with Crippen LogP contribution in [0.15, 0.2) is 0 Å². The minimum atomic E-state index is -0.162. The predicted octanol–water partition coefficient (Wildman–Crippen LogP) is 0.865. The number of hydrogen-bond acceptors (Lipinski definition) is 4. The molecular weight excluding hydrogens is 211 g/mol. The standard InChI is InChI=1S/C10H21BO3S/c1-14-10(13)5-3-2-4-6-15-8-9(12)7-11/h9,12H,2-8,11H2,1H3. The van der Waals surface area contributed by atoms with Crippen LogP contribution >= 0.6 is 11.8 Å². The molecule has 0 amide bonds. The molecule has 0 aliphatic heterocycles. The third-order valence-electron chi connectivity index (χ3n) is 2.18. The maximum absolute atomic E-state index is 10.8. The number of methoxy groups -OCH3 is 1. The van der Waals surface area contributed by atoms with Gasteiger partial charge in [-0.2, -0.15) is 11.8 Å². The molecule has 0 aliphatic rings. The Morgan fingerprint density at radius 3 is 2.80 bits per heavy atom. The highest BCUT2D eigenvalue weighted by atomic mass is 32.2. The number of ether oxygens (including phenoxy) is 1. The maximum atomic E-state index is 10.8. The van der Waals surface area contributed by atoms with E-state index < -0.39 is 0 Å². The van der Waals surface area contributed by atoms with Crippen molar-refractivity contribution in [1.82, 2.24) is 0 Å². The second kappa shape index (κ2) is 10.4. The molecule has 3 nitrogen and oxygen atoms in total. The average Bonchev–Trinajstić information content (AvgIpc) is 2.26. The Labute approximate surface area is 97.4 Å². The number of thioether (sulfide) groups is 1. The van der Waals surface area contributed by atoms with Crippen molar-refractivity contribution in [2.45, 2.75) is 38.1 Å². The number of esters is 1. The molecule has 5 heteroatoms. The van der Waals surface area contributed by atoms with Crippen LogP contribution in [0.3, 0.4) is 0 Å². The molecule has 0 fully saturated rings. The zero-order chi connectivity index (χ0) is 11.5. The molecular formula is C10H21BO3S. The van der Waals surface area contributed by atoms with Crippen LogP contribution in [-0.4, -0.2) is 43.6 Å². The number of aliphatic hydroxyl groups excluding tert-OH is 1. The van der Waals surface area contributed by atoms with Gasteiger partial charge in [0.25, 0.3) is 0 Å². The fraction of sp³-hybridized carbons (Fsp3) is 0.900. The minimum Gasteiger partial charge on any atom is -0.469 e. The average molecular weight is 232 g/mol. The summed E-state index contributed by atoms with van der Waals surface area (Å²) in [7, 11) is 3.41. The van der Waals surface area contributed by atoms with Crippen LogP contribution in [0.2, 0.25) is 6.32 Å². The van der Waals surface area contributed by atoms with Crippen molar-refractivity contribution < 1.29 is 14.6 Å². The highest BCUT2D eigenvalue weighted by Gasteiger charge is 2.01. The molecule has 0 aliphatic carbocycles. The van der Waals surface area contributed by atoms with E-state index in [1.165, 1.54) is 7.11 Å². The van der Waals surface area contributed by atoms with Crippen molar-refractivity contribution in [2.24, 2.45) is 0 Å². The lowest BCUT2D eigenvalue weighted by molar-refractivity contribution is -0.140. The van der Waals surface area contributed by atoms with Crippen molar-refractivity contribution in [3.63, 3.8) is 0 Å². The van der Waals surface area contributed by atoms with Crippen LogP contribution in [0.25, 0.3) is 0 Å². The highest BCUT2D eigenvalue weighted by molar-refractivity contribution is 7.99. The van der Waals surface area contributed by atoms with Crippen molar-refractivity contribution >= 4 is 25.6 Å². The quantitative estimate of drug-likeness (QED) is 0.364. The van der Waals surface area contributed by atoms with Crippen LogP contribution in [0.1, 0.15) is 25.7 Å². The summed E-state index contributed by atoms with van der Waals surface area (Å²) >= 11 is 1.78. The number of aliphatic hydroxyl groups is 1. The van der Waals surface area contributed by atoms with E-state index in [0.717, 1.165) is 37.1 Å². The molecule has 1 atom stereocenters. The van der Waals surface area contributed by atoms with Crippen LogP contribution in [0.5, 0.6) is 0 Å². The third kappa shape index (κ3) is 10.1. The number of unbranched alkanes of at least 4 members (excludes halogenated alkanes) is 2. The van der Waals surface area contributed by atoms with Gasteiger partial charge in [0, 0.05) is 12.2 Å². The van der Waals surface area contributed by atoms with E-state index in [9.17, 15) is 9.90 Å². The monoisotopic (exact) mass is 232 g/mol. The van der Waals surface area contributed by atoms with E-state index in [2.05, 4.69) is 4.74 Å². The first-order valence-electron chi connectivity index (χ1n) is 5.53. The summed E-state index contributed by atoms with van der Waals surface area (Å²) in [5.74, 6) is 1.77. The molecule has 0 aromatic heterocycles. The molecule has 15 heavy (non-hydrogen) atoms. The van der Waals surface area contributed by atoms with Gasteiger partial charge in [0.05, 0.1) is 13.2 Å². The molecule has 0 rings (SSSR count). The molecule has 0 aromatic rings. The van der Waals surface area contributed by atoms with Crippen molar-refractivity contribution in [2.75, 3.05) is 18.6 Å². The molecule has 0 saturated heterocycles. The lowest BCUT2D eigenvalue weighted by Crippen LogP contribution is -2.08. The lowest BCUT2D eigenvalue weighted by atomic mass is 10.0. The Bertz CT molecular complexity index is 167. The van der Waals surface area contributed by atoms with Gasteiger partial charge in [-0.3, -0.25) is 4.79 Å². The van der Waals surface area contributed by atoms with E-state index >= 15 is 0 Å². The molecule has 88 valence electrons. The first-order chi connectivity index (χ1) is 7.20. The Balaban J connectivity index is 3.08. The maximum Gasteiger partial charge on any atom is 0.305 e. The summed E-state index contributed by atoms with van der Waals surface area (Å²) in [6.07, 6.45) is 4.27. The second-order valence-corrected chi connectivity index (χ2v) is 4.67. The molecule has 0 aromatic carbocycles. The Morgan fingerprint density at radius 2 is 2.20 bits per heavy atom. The Morgan fingerprint density at radius 1 is 1.47 bits per heavy atom. The zero-order valence-electron chi connectivity index (χ0n) is 9.70.